The first-order chi connectivity index (χ1) is 8.79. The number of benzene rings is 1. The molecule has 1 aromatic rings. The Balaban J connectivity index is 1.83. The quantitative estimate of drug-likeness (QED) is 0.781. The summed E-state index contributed by atoms with van der Waals surface area (Å²) < 4.78 is 0. The number of carbonyl (C=O) groups excluding carboxylic acids is 1. The molecule has 4 heteroatoms. The summed E-state index contributed by atoms with van der Waals surface area (Å²) in [6.07, 6.45) is 5.47. The summed E-state index contributed by atoms with van der Waals surface area (Å²) in [7, 11) is 0. The van der Waals surface area contributed by atoms with Crippen molar-refractivity contribution in [3.63, 3.8) is 0 Å². The highest BCUT2D eigenvalue weighted by Crippen LogP contribution is 2.20. The molecule has 0 aromatic heterocycles. The van der Waals surface area contributed by atoms with Crippen LogP contribution in [0, 0.1) is 0 Å². The third-order valence-corrected chi connectivity index (χ3v) is 3.27. The average molecular weight is 248 g/mol. The van der Waals surface area contributed by atoms with Crippen molar-refractivity contribution in [1.29, 1.82) is 0 Å². The zero-order valence-corrected chi connectivity index (χ0v) is 10.5. The van der Waals surface area contributed by atoms with Crippen LogP contribution in [0.2, 0.25) is 0 Å². The van der Waals surface area contributed by atoms with Gasteiger partial charge in [0.15, 0.2) is 0 Å². The number of hydrogen-bond acceptors (Lipinski definition) is 3. The molecule has 1 aromatic carbocycles. The van der Waals surface area contributed by atoms with Crippen molar-refractivity contribution in [2.75, 3.05) is 6.54 Å². The molecule has 0 heterocycles. The average Bonchev–Trinajstić information content (AvgIpc) is 2.90. The van der Waals surface area contributed by atoms with Crippen molar-refractivity contribution >= 4 is 5.91 Å². The lowest BCUT2D eigenvalue weighted by Crippen LogP contribution is -2.28. The standard InChI is InChI=1S/C14H20N2O2/c15-10-9-11-5-7-12(8-6-11)14(17)16-18-13-3-1-2-4-13/h5-8,13H,1-4,9-10,15H2,(H,16,17). The van der Waals surface area contributed by atoms with Gasteiger partial charge in [0.05, 0.1) is 6.10 Å². The van der Waals surface area contributed by atoms with Gasteiger partial charge in [-0.05, 0) is 43.5 Å². The van der Waals surface area contributed by atoms with E-state index in [4.69, 9.17) is 10.6 Å². The van der Waals surface area contributed by atoms with Gasteiger partial charge < -0.3 is 5.73 Å². The summed E-state index contributed by atoms with van der Waals surface area (Å²) in [5, 5.41) is 0. The summed E-state index contributed by atoms with van der Waals surface area (Å²) in [6.45, 7) is 0.621. The van der Waals surface area contributed by atoms with E-state index in [2.05, 4.69) is 5.48 Å². The van der Waals surface area contributed by atoms with Gasteiger partial charge >= 0.3 is 0 Å². The Kier molecular flexibility index (Phi) is 4.73. The van der Waals surface area contributed by atoms with Gasteiger partial charge in [-0.15, -0.1) is 0 Å². The molecule has 1 amide bonds. The molecule has 1 aliphatic carbocycles. The molecule has 0 atom stereocenters. The Bertz CT molecular complexity index is 383. The van der Waals surface area contributed by atoms with E-state index in [1.54, 1.807) is 12.1 Å². The highest BCUT2D eigenvalue weighted by molar-refractivity contribution is 5.93. The van der Waals surface area contributed by atoms with Gasteiger partial charge in [0.1, 0.15) is 0 Å². The molecule has 0 unspecified atom stereocenters. The van der Waals surface area contributed by atoms with Gasteiger partial charge in [0, 0.05) is 5.56 Å². The van der Waals surface area contributed by atoms with Crippen LogP contribution in [0.4, 0.5) is 0 Å². The summed E-state index contributed by atoms with van der Waals surface area (Å²) >= 11 is 0. The van der Waals surface area contributed by atoms with Crippen LogP contribution in [0.1, 0.15) is 41.6 Å². The molecular formula is C14H20N2O2. The number of rotatable bonds is 5. The number of nitrogens with two attached hydrogens (primary N) is 1. The number of hydroxylamine groups is 1. The highest BCUT2D eigenvalue weighted by Gasteiger charge is 2.17. The number of carbonyl (C=O) groups is 1. The van der Waals surface area contributed by atoms with Crippen LogP contribution < -0.4 is 11.2 Å². The van der Waals surface area contributed by atoms with E-state index >= 15 is 0 Å². The van der Waals surface area contributed by atoms with E-state index in [9.17, 15) is 4.79 Å². The Labute approximate surface area is 107 Å². The molecule has 4 nitrogen and oxygen atoms in total. The van der Waals surface area contributed by atoms with Crippen molar-refractivity contribution in [1.82, 2.24) is 5.48 Å². The zero-order chi connectivity index (χ0) is 12.8. The van der Waals surface area contributed by atoms with Gasteiger partial charge in [0.2, 0.25) is 0 Å². The number of amides is 1. The van der Waals surface area contributed by atoms with Crippen molar-refractivity contribution < 1.29 is 9.63 Å². The number of hydrogen-bond donors (Lipinski definition) is 2. The molecule has 0 saturated heterocycles. The molecule has 0 aliphatic heterocycles. The largest absolute Gasteiger partial charge is 0.330 e. The summed E-state index contributed by atoms with van der Waals surface area (Å²) in [4.78, 5) is 17.2. The molecule has 2 rings (SSSR count). The molecule has 0 spiro atoms. The van der Waals surface area contributed by atoms with Crippen LogP contribution in [-0.2, 0) is 11.3 Å². The van der Waals surface area contributed by atoms with Gasteiger partial charge in [-0.25, -0.2) is 5.48 Å². The van der Waals surface area contributed by atoms with Gasteiger partial charge in [0.25, 0.3) is 5.91 Å². The first-order valence-electron chi connectivity index (χ1n) is 6.54. The monoisotopic (exact) mass is 248 g/mol. The first-order valence-corrected chi connectivity index (χ1v) is 6.54. The van der Waals surface area contributed by atoms with Crippen LogP contribution in [0.5, 0.6) is 0 Å². The lowest BCUT2D eigenvalue weighted by atomic mass is 10.1. The second kappa shape index (κ2) is 6.52. The van der Waals surface area contributed by atoms with E-state index < -0.39 is 0 Å². The molecule has 0 radical (unpaired) electrons. The van der Waals surface area contributed by atoms with Crippen LogP contribution in [0.3, 0.4) is 0 Å². The molecule has 1 saturated carbocycles. The second-order valence-electron chi connectivity index (χ2n) is 4.69. The van der Waals surface area contributed by atoms with E-state index in [-0.39, 0.29) is 12.0 Å². The van der Waals surface area contributed by atoms with Crippen molar-refractivity contribution in [3.8, 4) is 0 Å². The number of nitrogens with one attached hydrogen (secondary N) is 1. The minimum Gasteiger partial charge on any atom is -0.330 e. The molecule has 0 bridgehead atoms. The summed E-state index contributed by atoms with van der Waals surface area (Å²) in [6, 6.07) is 7.46. The van der Waals surface area contributed by atoms with Crippen molar-refractivity contribution in [2.45, 2.75) is 38.2 Å². The Hall–Kier alpha value is -1.39. The summed E-state index contributed by atoms with van der Waals surface area (Å²) in [5.74, 6) is -0.179. The molecular weight excluding hydrogens is 228 g/mol. The third kappa shape index (κ3) is 3.55. The van der Waals surface area contributed by atoms with Gasteiger partial charge in [-0.1, -0.05) is 25.0 Å². The second-order valence-corrected chi connectivity index (χ2v) is 4.69. The topological polar surface area (TPSA) is 64.4 Å². The maximum Gasteiger partial charge on any atom is 0.274 e. The molecule has 1 fully saturated rings. The Morgan fingerprint density at radius 3 is 2.56 bits per heavy atom. The van der Waals surface area contributed by atoms with Crippen LogP contribution >= 0.6 is 0 Å². The maximum absolute atomic E-state index is 11.8. The molecule has 98 valence electrons. The Morgan fingerprint density at radius 2 is 1.94 bits per heavy atom. The fourth-order valence-electron chi connectivity index (χ4n) is 2.19. The van der Waals surface area contributed by atoms with E-state index in [0.717, 1.165) is 24.8 Å². The zero-order valence-electron chi connectivity index (χ0n) is 10.5. The minimum absolute atomic E-state index is 0.179. The van der Waals surface area contributed by atoms with Gasteiger partial charge in [-0.3, -0.25) is 9.63 Å². The minimum atomic E-state index is -0.179. The van der Waals surface area contributed by atoms with Crippen molar-refractivity contribution in [2.24, 2.45) is 5.73 Å². The van der Waals surface area contributed by atoms with E-state index in [1.165, 1.54) is 12.8 Å². The first kappa shape index (κ1) is 13.1. The van der Waals surface area contributed by atoms with Gasteiger partial charge in [-0.2, -0.15) is 0 Å². The fraction of sp³-hybridized carbons (Fsp3) is 0.500. The predicted octanol–water partition coefficient (Wildman–Crippen LogP) is 1.79. The van der Waals surface area contributed by atoms with Crippen LogP contribution in [-0.4, -0.2) is 18.6 Å². The molecule has 3 N–H and O–H groups in total. The predicted molar refractivity (Wildman–Crippen MR) is 70.0 cm³/mol. The Morgan fingerprint density at radius 1 is 1.28 bits per heavy atom. The SMILES string of the molecule is NCCc1ccc(C(=O)NOC2CCCC2)cc1. The highest BCUT2D eigenvalue weighted by atomic mass is 16.7. The normalized spacial score (nSPS) is 15.8. The maximum atomic E-state index is 11.8. The lowest BCUT2D eigenvalue weighted by Gasteiger charge is -2.11. The smallest absolute Gasteiger partial charge is 0.274 e. The lowest BCUT2D eigenvalue weighted by molar-refractivity contribution is -0.0124. The van der Waals surface area contributed by atoms with E-state index in [0.29, 0.717) is 12.1 Å². The van der Waals surface area contributed by atoms with Crippen LogP contribution in [0.25, 0.3) is 0 Å². The molecule has 18 heavy (non-hydrogen) atoms. The van der Waals surface area contributed by atoms with Crippen molar-refractivity contribution in [3.05, 3.63) is 35.4 Å². The van der Waals surface area contributed by atoms with E-state index in [1.807, 2.05) is 12.1 Å². The fourth-order valence-corrected chi connectivity index (χ4v) is 2.19. The van der Waals surface area contributed by atoms with Crippen LogP contribution in [0.15, 0.2) is 24.3 Å². The summed E-state index contributed by atoms with van der Waals surface area (Å²) in [5.41, 5.74) is 9.77. The molecule has 1 aliphatic rings. The third-order valence-electron chi connectivity index (χ3n) is 3.27.